The average Bonchev–Trinajstić information content (AvgIpc) is 2.92. The van der Waals surface area contributed by atoms with Gasteiger partial charge in [0.1, 0.15) is 11.9 Å². The molecule has 2 fully saturated rings. The van der Waals surface area contributed by atoms with Gasteiger partial charge in [-0.05, 0) is 75.3 Å². The van der Waals surface area contributed by atoms with Crippen LogP contribution in [0.4, 0.5) is 0 Å². The molecule has 2 heterocycles. The van der Waals surface area contributed by atoms with Crippen LogP contribution in [0, 0.1) is 0 Å². The molecule has 2 bridgehead atoms. The highest BCUT2D eigenvalue weighted by Gasteiger charge is 2.39. The monoisotopic (exact) mass is 257 g/mol. The fourth-order valence-electron chi connectivity index (χ4n) is 4.27. The molecular formula is C17H23NO. The first-order valence-corrected chi connectivity index (χ1v) is 7.80. The van der Waals surface area contributed by atoms with Gasteiger partial charge in [-0.15, -0.1) is 0 Å². The van der Waals surface area contributed by atoms with Crippen molar-refractivity contribution >= 4 is 0 Å². The number of aryl methyl sites for hydroxylation is 2. The lowest BCUT2D eigenvalue weighted by molar-refractivity contribution is 0.0661. The minimum Gasteiger partial charge on any atom is -0.490 e. The molecule has 1 aromatic rings. The maximum atomic E-state index is 6.28. The molecule has 0 saturated carbocycles. The molecule has 4 rings (SSSR count). The van der Waals surface area contributed by atoms with Gasteiger partial charge in [-0.1, -0.05) is 6.07 Å². The third kappa shape index (κ3) is 2.06. The molecule has 2 nitrogen and oxygen atoms in total. The van der Waals surface area contributed by atoms with E-state index < -0.39 is 0 Å². The van der Waals surface area contributed by atoms with E-state index in [0.29, 0.717) is 6.10 Å². The predicted octanol–water partition coefficient (Wildman–Crippen LogP) is 3.18. The van der Waals surface area contributed by atoms with Gasteiger partial charge < -0.3 is 9.64 Å². The van der Waals surface area contributed by atoms with Crippen LogP contribution >= 0.6 is 0 Å². The number of rotatable bonds is 2. The molecule has 0 N–H and O–H groups in total. The van der Waals surface area contributed by atoms with Crippen molar-refractivity contribution in [2.24, 2.45) is 0 Å². The Balaban J connectivity index is 1.47. The lowest BCUT2D eigenvalue weighted by Gasteiger charge is -2.36. The second-order valence-electron chi connectivity index (χ2n) is 6.55. The minimum absolute atomic E-state index is 0.438. The zero-order valence-electron chi connectivity index (χ0n) is 11.8. The number of hydrogen-bond donors (Lipinski definition) is 0. The Morgan fingerprint density at radius 3 is 2.58 bits per heavy atom. The first-order valence-electron chi connectivity index (χ1n) is 7.80. The Morgan fingerprint density at radius 2 is 1.79 bits per heavy atom. The van der Waals surface area contributed by atoms with E-state index in [-0.39, 0.29) is 0 Å². The Kier molecular flexibility index (Phi) is 2.80. The lowest BCUT2D eigenvalue weighted by Crippen LogP contribution is -2.43. The highest BCUT2D eigenvalue weighted by Crippen LogP contribution is 2.36. The maximum absolute atomic E-state index is 6.28. The number of benzene rings is 1. The summed E-state index contributed by atoms with van der Waals surface area (Å²) < 4.78 is 6.28. The maximum Gasteiger partial charge on any atom is 0.120 e. The van der Waals surface area contributed by atoms with Gasteiger partial charge in [-0.2, -0.15) is 0 Å². The van der Waals surface area contributed by atoms with Crippen molar-refractivity contribution in [3.05, 3.63) is 29.3 Å². The molecule has 0 amide bonds. The summed E-state index contributed by atoms with van der Waals surface area (Å²) in [6, 6.07) is 8.28. The third-order valence-corrected chi connectivity index (χ3v) is 5.43. The van der Waals surface area contributed by atoms with E-state index in [1.54, 1.807) is 0 Å². The summed E-state index contributed by atoms with van der Waals surface area (Å²) in [5.74, 6) is 1.11. The Morgan fingerprint density at radius 1 is 1.05 bits per heavy atom. The summed E-state index contributed by atoms with van der Waals surface area (Å²) in [7, 11) is 2.29. The van der Waals surface area contributed by atoms with E-state index in [0.717, 1.165) is 17.8 Å². The van der Waals surface area contributed by atoms with Crippen LogP contribution in [-0.2, 0) is 12.8 Å². The molecule has 1 aromatic carbocycles. The second kappa shape index (κ2) is 4.52. The summed E-state index contributed by atoms with van der Waals surface area (Å²) in [6.07, 6.45) is 9.41. The molecule has 102 valence electrons. The second-order valence-corrected chi connectivity index (χ2v) is 6.55. The number of fused-ring (bicyclic) bond motifs is 3. The fourth-order valence-corrected chi connectivity index (χ4v) is 4.27. The summed E-state index contributed by atoms with van der Waals surface area (Å²) >= 11 is 0. The summed E-state index contributed by atoms with van der Waals surface area (Å²) in [6.45, 7) is 0. The first kappa shape index (κ1) is 11.8. The van der Waals surface area contributed by atoms with Crippen LogP contribution in [0.15, 0.2) is 18.2 Å². The van der Waals surface area contributed by atoms with Crippen molar-refractivity contribution < 1.29 is 4.74 Å². The van der Waals surface area contributed by atoms with Crippen molar-refractivity contribution in [2.45, 2.75) is 63.1 Å². The van der Waals surface area contributed by atoms with Crippen LogP contribution in [0.5, 0.6) is 5.75 Å². The largest absolute Gasteiger partial charge is 0.490 e. The Bertz CT molecular complexity index is 470. The average molecular weight is 257 g/mol. The van der Waals surface area contributed by atoms with Crippen molar-refractivity contribution in [2.75, 3.05) is 7.05 Å². The normalized spacial score (nSPS) is 33.4. The van der Waals surface area contributed by atoms with Crippen LogP contribution < -0.4 is 4.74 Å². The van der Waals surface area contributed by atoms with Crippen LogP contribution in [0.1, 0.15) is 43.2 Å². The summed E-state index contributed by atoms with van der Waals surface area (Å²) in [4.78, 5) is 2.57. The van der Waals surface area contributed by atoms with Crippen molar-refractivity contribution in [3.8, 4) is 5.75 Å². The van der Waals surface area contributed by atoms with Gasteiger partial charge in [0.15, 0.2) is 0 Å². The molecule has 2 saturated heterocycles. The lowest BCUT2D eigenvalue weighted by atomic mass is 10.0. The Hall–Kier alpha value is -1.02. The molecule has 0 radical (unpaired) electrons. The molecule has 0 aromatic heterocycles. The van der Waals surface area contributed by atoms with Gasteiger partial charge in [0.25, 0.3) is 0 Å². The number of ether oxygens (including phenoxy) is 1. The number of hydrogen-bond acceptors (Lipinski definition) is 2. The highest BCUT2D eigenvalue weighted by molar-refractivity contribution is 5.38. The third-order valence-electron chi connectivity index (χ3n) is 5.43. The number of nitrogens with zero attached hydrogens (tertiary/aromatic N) is 1. The quantitative estimate of drug-likeness (QED) is 0.807. The molecule has 3 aliphatic rings. The first-order chi connectivity index (χ1) is 9.29. The molecule has 3 atom stereocenters. The predicted molar refractivity (Wildman–Crippen MR) is 76.7 cm³/mol. The smallest absolute Gasteiger partial charge is 0.120 e. The van der Waals surface area contributed by atoms with Crippen molar-refractivity contribution in [1.29, 1.82) is 0 Å². The van der Waals surface area contributed by atoms with Crippen molar-refractivity contribution in [3.63, 3.8) is 0 Å². The molecule has 19 heavy (non-hydrogen) atoms. The molecule has 2 heteroatoms. The molecule has 0 spiro atoms. The summed E-state index contributed by atoms with van der Waals surface area (Å²) in [5, 5.41) is 0. The molecule has 2 aliphatic heterocycles. The van der Waals surface area contributed by atoms with Gasteiger partial charge in [-0.3, -0.25) is 0 Å². The van der Waals surface area contributed by atoms with Gasteiger partial charge in [0.05, 0.1) is 0 Å². The van der Waals surface area contributed by atoms with E-state index in [1.807, 2.05) is 0 Å². The van der Waals surface area contributed by atoms with Gasteiger partial charge in [0.2, 0.25) is 0 Å². The van der Waals surface area contributed by atoms with Crippen LogP contribution in [0.3, 0.4) is 0 Å². The van der Waals surface area contributed by atoms with Crippen LogP contribution in [-0.4, -0.2) is 30.1 Å². The molecule has 1 aliphatic carbocycles. The number of piperidine rings is 1. The standard InChI is InChI=1S/C17H23NO/c1-18-14-6-7-15(18)11-17(10-14)19-16-8-5-12-3-2-4-13(12)9-16/h5,8-9,14-15,17H,2-4,6-7,10-11H2,1H3/t14-,15+,17-. The zero-order chi connectivity index (χ0) is 12.8. The topological polar surface area (TPSA) is 12.5 Å². The van der Waals surface area contributed by atoms with Crippen LogP contribution in [0.2, 0.25) is 0 Å². The van der Waals surface area contributed by atoms with Gasteiger partial charge >= 0.3 is 0 Å². The van der Waals surface area contributed by atoms with Gasteiger partial charge in [0, 0.05) is 12.1 Å². The highest BCUT2D eigenvalue weighted by atomic mass is 16.5. The summed E-state index contributed by atoms with van der Waals surface area (Å²) in [5.41, 5.74) is 3.06. The van der Waals surface area contributed by atoms with E-state index in [2.05, 4.69) is 30.1 Å². The van der Waals surface area contributed by atoms with E-state index >= 15 is 0 Å². The minimum atomic E-state index is 0.438. The molecule has 0 unspecified atom stereocenters. The van der Waals surface area contributed by atoms with E-state index in [9.17, 15) is 0 Å². The van der Waals surface area contributed by atoms with Crippen LogP contribution in [0.25, 0.3) is 0 Å². The Labute approximate surface area is 115 Å². The SMILES string of the molecule is CN1[C@@H]2CC[C@H]1C[C@H](Oc1ccc3c(c1)CCC3)C2. The van der Waals surface area contributed by atoms with E-state index in [1.165, 1.54) is 56.1 Å². The van der Waals surface area contributed by atoms with E-state index in [4.69, 9.17) is 4.74 Å². The van der Waals surface area contributed by atoms with Crippen molar-refractivity contribution in [1.82, 2.24) is 4.90 Å². The fraction of sp³-hybridized carbons (Fsp3) is 0.647. The zero-order valence-corrected chi connectivity index (χ0v) is 11.8. The van der Waals surface area contributed by atoms with Gasteiger partial charge in [-0.25, -0.2) is 0 Å². The molecular weight excluding hydrogens is 234 g/mol.